The number of benzene rings is 1. The van der Waals surface area contributed by atoms with E-state index < -0.39 is 85.9 Å². The smallest absolute Gasteiger partial charge is 0.427 e. The number of alkyl carbamates (subject to hydrolysis) is 1. The fraction of sp³-hybridized carbons (Fsp3) is 0.610. The maximum Gasteiger partial charge on any atom is 0.427 e. The number of alkyl halides is 3. The number of nitrogens with one attached hydrogen (secondary N) is 3. The molecule has 3 fully saturated rings. The average molecular weight is 868 g/mol. The summed E-state index contributed by atoms with van der Waals surface area (Å²) in [5, 5.41) is 5.80. The van der Waals surface area contributed by atoms with Crippen molar-refractivity contribution in [2.45, 2.75) is 134 Å². The van der Waals surface area contributed by atoms with Gasteiger partial charge in [0.2, 0.25) is 39.1 Å². The van der Waals surface area contributed by atoms with Crippen molar-refractivity contribution in [2.75, 3.05) is 6.54 Å². The lowest BCUT2D eigenvalue weighted by Gasteiger charge is -2.34. The lowest BCUT2D eigenvalue weighted by Crippen LogP contribution is -2.59. The van der Waals surface area contributed by atoms with Crippen molar-refractivity contribution in [3.8, 4) is 5.88 Å². The first-order chi connectivity index (χ1) is 28.1. The first-order valence-corrected chi connectivity index (χ1v) is 21.9. The van der Waals surface area contributed by atoms with Gasteiger partial charge in [-0.3, -0.25) is 23.5 Å². The summed E-state index contributed by atoms with van der Waals surface area (Å²) in [5.74, 6) is -3.18. The minimum atomic E-state index is -4.91. The van der Waals surface area contributed by atoms with Gasteiger partial charge in [-0.2, -0.15) is 18.2 Å². The average Bonchev–Trinajstić information content (AvgIpc) is 3.96. The molecule has 1 saturated heterocycles. The van der Waals surface area contributed by atoms with Gasteiger partial charge in [-0.1, -0.05) is 52.0 Å². The fourth-order valence-corrected chi connectivity index (χ4v) is 9.18. The van der Waals surface area contributed by atoms with Crippen molar-refractivity contribution in [3.05, 3.63) is 48.8 Å². The van der Waals surface area contributed by atoms with Gasteiger partial charge in [0.05, 0.1) is 22.2 Å². The molecular formula is C41H60F3N7O8S. The van der Waals surface area contributed by atoms with Gasteiger partial charge in [-0.15, -0.1) is 0 Å². The summed E-state index contributed by atoms with van der Waals surface area (Å²) in [5.41, 5.74) is -3.80. The number of carbonyl (C=O) groups excluding carboxylic acids is 4. The number of fused-ring (bicyclic) bond motifs is 5. The van der Waals surface area contributed by atoms with E-state index in [2.05, 4.69) is 25.3 Å². The fourth-order valence-electron chi connectivity index (χ4n) is 7.87. The number of allylic oxidation sites excluding steroid dienone is 1. The van der Waals surface area contributed by atoms with Gasteiger partial charge in [0.1, 0.15) is 23.7 Å². The first-order valence-electron chi connectivity index (χ1n) is 20.5. The number of hydrogen-bond donors (Lipinski definition) is 3. The van der Waals surface area contributed by atoms with Crippen molar-refractivity contribution in [1.82, 2.24) is 34.6 Å². The summed E-state index contributed by atoms with van der Waals surface area (Å²) in [6.45, 7) is 10.3. The predicted octanol–water partition coefficient (Wildman–Crippen LogP) is 6.32. The molecule has 60 heavy (non-hydrogen) atoms. The van der Waals surface area contributed by atoms with E-state index in [4.69, 9.17) is 9.47 Å². The third-order valence-electron chi connectivity index (χ3n) is 12.0. The van der Waals surface area contributed by atoms with Gasteiger partial charge < -0.3 is 25.0 Å². The molecule has 2 aliphatic heterocycles. The van der Waals surface area contributed by atoms with Gasteiger partial charge in [0.15, 0.2) is 0 Å². The molecule has 0 unspecified atom stereocenters. The third kappa shape index (κ3) is 8.77. The second-order valence-corrected chi connectivity index (χ2v) is 19.2. The number of imidazole rings is 1. The Bertz CT molecular complexity index is 2290. The Kier molecular flexibility index (Phi) is 12.3. The van der Waals surface area contributed by atoms with Crippen LogP contribution in [0.25, 0.3) is 16.7 Å². The monoisotopic (exact) mass is 867 g/mol. The minimum absolute atomic E-state index is 0. The molecule has 1 aromatic carbocycles. The molecule has 334 valence electrons. The van der Waals surface area contributed by atoms with Crippen LogP contribution in [0, 0.1) is 17.8 Å². The van der Waals surface area contributed by atoms with Crippen LogP contribution in [-0.2, 0) is 29.1 Å². The van der Waals surface area contributed by atoms with Crippen LogP contribution in [0.2, 0.25) is 0 Å². The summed E-state index contributed by atoms with van der Waals surface area (Å²) >= 11 is 0. The molecule has 2 saturated carbocycles. The Morgan fingerprint density at radius 3 is 2.47 bits per heavy atom. The first kappa shape index (κ1) is 44.6. The predicted molar refractivity (Wildman–Crippen MR) is 221 cm³/mol. The number of ether oxygens (including phenoxy) is 2. The number of rotatable bonds is 7. The molecule has 4 heterocycles. The van der Waals surface area contributed by atoms with Gasteiger partial charge in [0.25, 0.3) is 5.91 Å². The number of carbonyl (C=O) groups is 4. The summed E-state index contributed by atoms with van der Waals surface area (Å²) in [6, 6.07) is 4.50. The molecule has 0 spiro atoms. The normalized spacial score (nSPS) is 28.7. The molecule has 2 aliphatic carbocycles. The van der Waals surface area contributed by atoms with Crippen molar-refractivity contribution in [1.29, 1.82) is 0 Å². The Labute approximate surface area is 351 Å². The van der Waals surface area contributed by atoms with E-state index in [1.165, 1.54) is 11.8 Å². The molecule has 15 nitrogen and oxygen atoms in total. The van der Waals surface area contributed by atoms with Crippen LogP contribution in [0.3, 0.4) is 0 Å². The van der Waals surface area contributed by atoms with Gasteiger partial charge in [-0.25, -0.2) is 18.2 Å². The van der Waals surface area contributed by atoms with Crippen LogP contribution in [0.5, 0.6) is 5.88 Å². The van der Waals surface area contributed by atoms with E-state index in [1.807, 2.05) is 39.0 Å². The van der Waals surface area contributed by atoms with E-state index in [-0.39, 0.29) is 35.5 Å². The van der Waals surface area contributed by atoms with Crippen molar-refractivity contribution >= 4 is 50.5 Å². The van der Waals surface area contributed by atoms with Crippen LogP contribution < -0.4 is 20.1 Å². The number of amides is 4. The Morgan fingerprint density at radius 2 is 1.78 bits per heavy atom. The van der Waals surface area contributed by atoms with Crippen LogP contribution in [-0.4, -0.2) is 98.3 Å². The highest BCUT2D eigenvalue weighted by molar-refractivity contribution is 7.91. The molecule has 2 aromatic heterocycles. The van der Waals surface area contributed by atoms with Crippen molar-refractivity contribution in [2.24, 2.45) is 17.8 Å². The molecular weight excluding hydrogens is 808 g/mol. The second kappa shape index (κ2) is 16.5. The number of sulfonamides is 1. The quantitative estimate of drug-likeness (QED) is 0.227. The van der Waals surface area contributed by atoms with E-state index in [9.17, 15) is 40.8 Å². The highest BCUT2D eigenvalue weighted by atomic mass is 32.2. The molecule has 0 radical (unpaired) electrons. The van der Waals surface area contributed by atoms with Crippen LogP contribution in [0.4, 0.5) is 18.0 Å². The number of para-hydroxylation sites is 1. The molecule has 0 bridgehead atoms. The van der Waals surface area contributed by atoms with E-state index in [1.54, 1.807) is 41.9 Å². The Morgan fingerprint density at radius 1 is 1.08 bits per heavy atom. The molecule has 19 heteroatoms. The largest absolute Gasteiger partial charge is 0.472 e. The molecule has 4 aliphatic rings. The Hall–Kier alpha value is -4.94. The van der Waals surface area contributed by atoms with E-state index in [0.29, 0.717) is 57.1 Å². The van der Waals surface area contributed by atoms with Crippen LogP contribution >= 0.6 is 0 Å². The highest BCUT2D eigenvalue weighted by Gasteiger charge is 2.63. The molecule has 3 aromatic rings. The summed E-state index contributed by atoms with van der Waals surface area (Å²) in [4.78, 5) is 66.5. The van der Waals surface area contributed by atoms with Crippen LogP contribution in [0.1, 0.15) is 97.7 Å². The third-order valence-corrected chi connectivity index (χ3v) is 14.2. The zero-order chi connectivity index (χ0) is 44.0. The molecule has 7 rings (SSSR count). The maximum absolute atomic E-state index is 14.8. The molecule has 3 N–H and O–H groups in total. The van der Waals surface area contributed by atoms with Crippen molar-refractivity contribution < 1.29 is 54.5 Å². The SMILES string of the molecule is CC.C[C@@H]1CC/C=C\[C@@H]2C[C@@]2(C(=O)NS(=O)(=O)C2(C)CC2)NC(=O)[C@@H]2C[C@@H](Oc3nc4nccn4c4ccccc34)CN2C(=O)[C@@H](NC(=O)OC(C)(C)C(F)(F)F)[C@H](C)C1.[HH].[HH].[HH]. The second-order valence-electron chi connectivity index (χ2n) is 17.0. The maximum atomic E-state index is 14.8. The van der Waals surface area contributed by atoms with Crippen LogP contribution in [0.15, 0.2) is 48.8 Å². The lowest BCUT2D eigenvalue weighted by atomic mass is 9.88. The number of nitrogens with zero attached hydrogens (tertiary/aromatic N) is 4. The van der Waals surface area contributed by atoms with Gasteiger partial charge in [0, 0.05) is 29.0 Å². The standard InChI is InChI=1S/C39H48F3N7O8S.C2H6.3H2/c1-22-10-6-7-11-24-20-38(24,33(52)47-58(54,55)37(5)14-15-37)46-30(50)28-19-25(56-31-26-12-8-9-13-27(26)48-17-16-43-34(48)45-31)21-49(28)32(51)29(23(2)18-22)44-35(53)57-36(3,4)39(40,41)42;1-2;;;/h7-9,11-13,16-17,22-25,28-29H,6,10,14-15,18-21H2,1-5H3,(H,44,53)(H,46,50)(H,47,52);1-2H3;3*1H/b11-7-;;;;/t22-,23-,24-,25-,28+,29+,38-;;;;/m1..../s1. The summed E-state index contributed by atoms with van der Waals surface area (Å²) in [6.07, 6.45) is 1.96. The van der Waals surface area contributed by atoms with E-state index in [0.717, 1.165) is 5.52 Å². The number of hydrogen-bond acceptors (Lipinski definition) is 10. The number of aromatic nitrogens is 3. The zero-order valence-electron chi connectivity index (χ0n) is 34.8. The number of halogens is 3. The molecule has 7 atom stereocenters. The topological polar surface area (TPSA) is 190 Å². The van der Waals surface area contributed by atoms with Gasteiger partial charge in [-0.05, 0) is 83.3 Å². The van der Waals surface area contributed by atoms with Crippen molar-refractivity contribution in [3.63, 3.8) is 0 Å². The summed E-state index contributed by atoms with van der Waals surface area (Å²) < 4.78 is 81.8. The molecule has 4 amide bonds. The van der Waals surface area contributed by atoms with Gasteiger partial charge >= 0.3 is 12.3 Å². The van der Waals surface area contributed by atoms with E-state index >= 15 is 0 Å². The highest BCUT2D eigenvalue weighted by Crippen LogP contribution is 2.48. The lowest BCUT2D eigenvalue weighted by molar-refractivity contribution is -0.244. The summed E-state index contributed by atoms with van der Waals surface area (Å²) in [7, 11) is -4.08. The zero-order valence-corrected chi connectivity index (χ0v) is 35.7. The Balaban J connectivity index is 0.00000208. The minimum Gasteiger partial charge on any atom is -0.472 e.